The van der Waals surface area contributed by atoms with Crippen molar-refractivity contribution < 1.29 is 26.3 Å². The molecule has 0 amide bonds. The van der Waals surface area contributed by atoms with Gasteiger partial charge in [0.05, 0.1) is 16.6 Å². The van der Waals surface area contributed by atoms with Gasteiger partial charge in [0.2, 0.25) is 0 Å². The lowest BCUT2D eigenvalue weighted by Crippen LogP contribution is -2.11. The van der Waals surface area contributed by atoms with Gasteiger partial charge in [0, 0.05) is 17.1 Å². The maximum absolute atomic E-state index is 12.9. The highest BCUT2D eigenvalue weighted by Crippen LogP contribution is 2.38. The summed E-state index contributed by atoms with van der Waals surface area (Å²) in [6.07, 6.45) is -8.49. The van der Waals surface area contributed by atoms with E-state index in [1.165, 1.54) is 12.3 Å². The Labute approximate surface area is 132 Å². The molecule has 0 atom stereocenters. The Bertz CT molecular complexity index is 863. The van der Waals surface area contributed by atoms with E-state index < -0.39 is 23.5 Å². The van der Waals surface area contributed by atoms with Crippen molar-refractivity contribution in [2.75, 3.05) is 0 Å². The van der Waals surface area contributed by atoms with Gasteiger partial charge < -0.3 is 0 Å². The molecule has 0 saturated carbocycles. The van der Waals surface area contributed by atoms with Crippen LogP contribution in [0.1, 0.15) is 11.1 Å². The van der Waals surface area contributed by atoms with Crippen molar-refractivity contribution >= 4 is 10.9 Å². The van der Waals surface area contributed by atoms with E-state index in [1.807, 2.05) is 0 Å². The lowest BCUT2D eigenvalue weighted by atomic mass is 9.99. The first kappa shape index (κ1) is 16.3. The minimum Gasteiger partial charge on any atom is -0.256 e. The fourth-order valence-electron chi connectivity index (χ4n) is 2.35. The molecule has 3 rings (SSSR count). The molecule has 0 bridgehead atoms. The molecule has 0 aliphatic rings. The second-order valence-corrected chi connectivity index (χ2v) is 5.21. The van der Waals surface area contributed by atoms with Crippen LogP contribution in [0.25, 0.3) is 22.0 Å². The molecule has 0 unspecified atom stereocenters. The number of fused-ring (bicyclic) bond motifs is 1. The Kier molecular flexibility index (Phi) is 3.74. The molecule has 0 N–H and O–H groups in total. The van der Waals surface area contributed by atoms with Crippen LogP contribution in [-0.2, 0) is 12.4 Å². The summed E-state index contributed by atoms with van der Waals surface area (Å²) in [4.78, 5) is 4.08. The zero-order chi connectivity index (χ0) is 17.5. The first-order valence-electron chi connectivity index (χ1n) is 6.79. The number of aromatic nitrogens is 1. The topological polar surface area (TPSA) is 12.9 Å². The molecule has 0 radical (unpaired) electrons. The molecule has 3 aromatic rings. The summed E-state index contributed by atoms with van der Waals surface area (Å²) in [6, 6.07) is 9.84. The van der Waals surface area contributed by atoms with Gasteiger partial charge in [0.15, 0.2) is 0 Å². The van der Waals surface area contributed by atoms with E-state index in [2.05, 4.69) is 4.98 Å². The lowest BCUT2D eigenvalue weighted by molar-refractivity contribution is -0.143. The van der Waals surface area contributed by atoms with E-state index in [0.29, 0.717) is 23.0 Å². The number of hydrogen-bond acceptors (Lipinski definition) is 1. The maximum Gasteiger partial charge on any atom is 0.416 e. The van der Waals surface area contributed by atoms with E-state index in [-0.39, 0.29) is 17.2 Å². The van der Waals surface area contributed by atoms with E-state index in [0.717, 1.165) is 0 Å². The number of para-hydroxylation sites is 1. The number of alkyl halides is 6. The standard InChI is InChI=1S/C17H9F6N/c18-16(19,20)13-6-11(7-14(8-13)17(21,22)23)12-5-10-3-1-2-4-15(10)24-9-12/h1-9H. The second kappa shape index (κ2) is 5.51. The molecule has 24 heavy (non-hydrogen) atoms. The summed E-state index contributed by atoms with van der Waals surface area (Å²) in [5, 5.41) is 0.626. The van der Waals surface area contributed by atoms with Gasteiger partial charge in [-0.1, -0.05) is 18.2 Å². The number of benzene rings is 2. The van der Waals surface area contributed by atoms with Crippen molar-refractivity contribution in [3.8, 4) is 11.1 Å². The summed E-state index contributed by atoms with van der Waals surface area (Å²) in [5.41, 5.74) is -2.09. The van der Waals surface area contributed by atoms with Crippen LogP contribution in [0.2, 0.25) is 0 Å². The van der Waals surface area contributed by atoms with Crippen molar-refractivity contribution in [2.24, 2.45) is 0 Å². The lowest BCUT2D eigenvalue weighted by Gasteiger charge is -2.14. The first-order chi connectivity index (χ1) is 11.1. The Morgan fingerprint density at radius 3 is 1.83 bits per heavy atom. The molecule has 1 aromatic heterocycles. The van der Waals surface area contributed by atoms with Crippen LogP contribution >= 0.6 is 0 Å². The number of rotatable bonds is 1. The van der Waals surface area contributed by atoms with Gasteiger partial charge in [-0.2, -0.15) is 26.3 Å². The van der Waals surface area contributed by atoms with Gasteiger partial charge in [0.1, 0.15) is 0 Å². The van der Waals surface area contributed by atoms with Gasteiger partial charge in [-0.05, 0) is 35.9 Å². The Hall–Kier alpha value is -2.57. The molecule has 0 saturated heterocycles. The fourth-order valence-corrected chi connectivity index (χ4v) is 2.35. The molecule has 1 heterocycles. The van der Waals surface area contributed by atoms with E-state index in [1.54, 1.807) is 24.3 Å². The van der Waals surface area contributed by atoms with Crippen molar-refractivity contribution in [3.05, 3.63) is 65.9 Å². The molecular formula is C17H9F6N. The predicted molar refractivity (Wildman–Crippen MR) is 77.2 cm³/mol. The van der Waals surface area contributed by atoms with Gasteiger partial charge in [0.25, 0.3) is 0 Å². The van der Waals surface area contributed by atoms with E-state index in [9.17, 15) is 26.3 Å². The average Bonchev–Trinajstić information content (AvgIpc) is 2.52. The minimum absolute atomic E-state index is 0.109. The van der Waals surface area contributed by atoms with Crippen LogP contribution < -0.4 is 0 Å². The van der Waals surface area contributed by atoms with Crippen LogP contribution in [-0.4, -0.2) is 4.98 Å². The molecule has 0 fully saturated rings. The number of hydrogen-bond donors (Lipinski definition) is 0. The summed E-state index contributed by atoms with van der Waals surface area (Å²) >= 11 is 0. The van der Waals surface area contributed by atoms with E-state index in [4.69, 9.17) is 0 Å². The highest BCUT2D eigenvalue weighted by molar-refractivity contribution is 5.83. The Morgan fingerprint density at radius 1 is 0.667 bits per heavy atom. The molecule has 0 aliphatic heterocycles. The smallest absolute Gasteiger partial charge is 0.256 e. The zero-order valence-corrected chi connectivity index (χ0v) is 11.9. The molecular weight excluding hydrogens is 332 g/mol. The van der Waals surface area contributed by atoms with Crippen LogP contribution in [0.5, 0.6) is 0 Å². The fraction of sp³-hybridized carbons (Fsp3) is 0.118. The van der Waals surface area contributed by atoms with Crippen LogP contribution in [0, 0.1) is 0 Å². The third-order valence-corrected chi connectivity index (χ3v) is 3.51. The van der Waals surface area contributed by atoms with Gasteiger partial charge >= 0.3 is 12.4 Å². The van der Waals surface area contributed by atoms with Crippen molar-refractivity contribution in [3.63, 3.8) is 0 Å². The SMILES string of the molecule is FC(F)(F)c1cc(-c2cnc3ccccc3c2)cc(C(F)(F)F)c1. The first-order valence-corrected chi connectivity index (χ1v) is 6.79. The number of halogens is 6. The van der Waals surface area contributed by atoms with Crippen LogP contribution in [0.4, 0.5) is 26.3 Å². The summed E-state index contributed by atoms with van der Waals surface area (Å²) in [6.45, 7) is 0. The summed E-state index contributed by atoms with van der Waals surface area (Å²) in [5.74, 6) is 0. The van der Waals surface area contributed by atoms with Crippen molar-refractivity contribution in [1.29, 1.82) is 0 Å². The molecule has 2 aromatic carbocycles. The molecule has 124 valence electrons. The van der Waals surface area contributed by atoms with E-state index >= 15 is 0 Å². The minimum atomic E-state index is -4.87. The van der Waals surface area contributed by atoms with Gasteiger partial charge in [-0.3, -0.25) is 4.98 Å². The quantitative estimate of drug-likeness (QED) is 0.499. The van der Waals surface area contributed by atoms with Crippen LogP contribution in [0.3, 0.4) is 0 Å². The van der Waals surface area contributed by atoms with Crippen LogP contribution in [0.15, 0.2) is 54.7 Å². The van der Waals surface area contributed by atoms with Gasteiger partial charge in [-0.25, -0.2) is 0 Å². The third kappa shape index (κ3) is 3.20. The summed E-state index contributed by atoms with van der Waals surface area (Å²) < 4.78 is 77.5. The molecule has 7 heteroatoms. The van der Waals surface area contributed by atoms with Crippen molar-refractivity contribution in [2.45, 2.75) is 12.4 Å². The third-order valence-electron chi connectivity index (χ3n) is 3.51. The highest BCUT2D eigenvalue weighted by atomic mass is 19.4. The zero-order valence-electron chi connectivity index (χ0n) is 11.9. The highest BCUT2D eigenvalue weighted by Gasteiger charge is 2.37. The summed E-state index contributed by atoms with van der Waals surface area (Å²) in [7, 11) is 0. The van der Waals surface area contributed by atoms with Crippen molar-refractivity contribution in [1.82, 2.24) is 4.98 Å². The molecule has 0 aliphatic carbocycles. The number of nitrogens with zero attached hydrogens (tertiary/aromatic N) is 1. The van der Waals surface area contributed by atoms with Gasteiger partial charge in [-0.15, -0.1) is 0 Å². The average molecular weight is 341 g/mol. The normalized spacial score (nSPS) is 12.6. The second-order valence-electron chi connectivity index (χ2n) is 5.21. The number of pyridine rings is 1. The monoisotopic (exact) mass is 341 g/mol. The Morgan fingerprint density at radius 2 is 1.25 bits per heavy atom. The predicted octanol–water partition coefficient (Wildman–Crippen LogP) is 5.94. The maximum atomic E-state index is 12.9. The molecule has 1 nitrogen and oxygen atoms in total. The Balaban J connectivity index is 2.21. The molecule has 0 spiro atoms. The largest absolute Gasteiger partial charge is 0.416 e.